The Balaban J connectivity index is 1.46. The van der Waals surface area contributed by atoms with Crippen molar-refractivity contribution >= 4 is 70.3 Å². The molecule has 2 aromatic rings. The molecule has 7 nitrogen and oxygen atoms in total. The first-order chi connectivity index (χ1) is 17.7. The summed E-state index contributed by atoms with van der Waals surface area (Å²) in [6.07, 6.45) is 3.84. The maximum Gasteiger partial charge on any atom is 0.322 e. The predicted molar refractivity (Wildman–Crippen MR) is 152 cm³/mol. The summed E-state index contributed by atoms with van der Waals surface area (Å²) in [6, 6.07) is 11.9. The summed E-state index contributed by atoms with van der Waals surface area (Å²) in [5.74, 6) is 1.08. The normalized spacial score (nSPS) is 16.9. The summed E-state index contributed by atoms with van der Waals surface area (Å²) in [5.41, 5.74) is 1.87. The van der Waals surface area contributed by atoms with Gasteiger partial charge in [0.2, 0.25) is 0 Å². The summed E-state index contributed by atoms with van der Waals surface area (Å²) in [7, 11) is 0. The average molecular weight is 583 g/mol. The van der Waals surface area contributed by atoms with Crippen LogP contribution in [0.1, 0.15) is 48.0 Å². The number of carbonyl (C=O) groups is 3. The lowest BCUT2D eigenvalue weighted by molar-refractivity contribution is -0.136. The summed E-state index contributed by atoms with van der Waals surface area (Å²) in [5, 5.41) is 15.2. The maximum absolute atomic E-state index is 13.5. The van der Waals surface area contributed by atoms with Crippen LogP contribution in [-0.4, -0.2) is 56.1 Å². The van der Waals surface area contributed by atoms with Gasteiger partial charge in [-0.2, -0.15) is 0 Å². The van der Waals surface area contributed by atoms with Crippen LogP contribution in [0.25, 0.3) is 0 Å². The number of aliphatic carboxylic acids is 1. The molecule has 11 heteroatoms. The predicted octanol–water partition coefficient (Wildman–Crippen LogP) is 6.35. The number of anilines is 1. The largest absolute Gasteiger partial charge is 0.481 e. The fourth-order valence-corrected chi connectivity index (χ4v) is 8.49. The van der Waals surface area contributed by atoms with Gasteiger partial charge in [0.15, 0.2) is 0 Å². The van der Waals surface area contributed by atoms with E-state index in [1.54, 1.807) is 30.3 Å². The molecule has 2 aliphatic rings. The van der Waals surface area contributed by atoms with Gasteiger partial charge in [-0.05, 0) is 61.6 Å². The monoisotopic (exact) mass is 581 g/mol. The van der Waals surface area contributed by atoms with Gasteiger partial charge in [0.25, 0.3) is 5.91 Å². The highest BCUT2D eigenvalue weighted by Crippen LogP contribution is 2.53. The van der Waals surface area contributed by atoms with Crippen molar-refractivity contribution in [2.45, 2.75) is 48.8 Å². The van der Waals surface area contributed by atoms with Gasteiger partial charge in [-0.15, -0.1) is 23.5 Å². The van der Waals surface area contributed by atoms with Crippen LogP contribution >= 0.6 is 46.7 Å². The Labute approximate surface area is 235 Å². The number of urea groups is 1. The van der Waals surface area contributed by atoms with Crippen molar-refractivity contribution in [3.63, 3.8) is 0 Å². The van der Waals surface area contributed by atoms with E-state index >= 15 is 0 Å². The molecule has 1 spiro atoms. The Hall–Kier alpha value is -2.07. The van der Waals surface area contributed by atoms with Crippen LogP contribution in [0.2, 0.25) is 10.0 Å². The zero-order valence-electron chi connectivity index (χ0n) is 20.2. The molecule has 1 aliphatic carbocycles. The molecular formula is C26H29Cl2N3O4S2. The molecule has 1 heterocycles. The van der Waals surface area contributed by atoms with Gasteiger partial charge in [-0.1, -0.05) is 35.3 Å². The number of benzene rings is 2. The summed E-state index contributed by atoms with van der Waals surface area (Å²) < 4.78 is 0.286. The molecule has 1 saturated heterocycles. The molecule has 0 radical (unpaired) electrons. The van der Waals surface area contributed by atoms with Crippen molar-refractivity contribution in [2.75, 3.05) is 23.4 Å². The Morgan fingerprint density at radius 2 is 1.62 bits per heavy atom. The number of nitrogens with one attached hydrogen (secondary N) is 2. The molecule has 3 N–H and O–H groups in total. The van der Waals surface area contributed by atoms with Gasteiger partial charge in [0.1, 0.15) is 0 Å². The summed E-state index contributed by atoms with van der Waals surface area (Å²) in [6.45, 7) is 0.454. The summed E-state index contributed by atoms with van der Waals surface area (Å²) >= 11 is 16.4. The smallest absolute Gasteiger partial charge is 0.322 e. The molecule has 1 saturated carbocycles. The maximum atomic E-state index is 13.5. The number of carboxylic acid groups (broad SMARTS) is 1. The van der Waals surface area contributed by atoms with E-state index in [2.05, 4.69) is 34.2 Å². The minimum Gasteiger partial charge on any atom is -0.481 e. The molecule has 1 aliphatic heterocycles. The molecule has 2 fully saturated rings. The molecular weight excluding hydrogens is 553 g/mol. The van der Waals surface area contributed by atoms with Crippen LogP contribution in [0.5, 0.6) is 0 Å². The second kappa shape index (κ2) is 12.7. The van der Waals surface area contributed by atoms with Crippen molar-refractivity contribution in [1.82, 2.24) is 10.2 Å². The quantitative estimate of drug-likeness (QED) is 0.336. The fourth-order valence-electron chi connectivity index (χ4n) is 4.67. The van der Waals surface area contributed by atoms with Crippen molar-refractivity contribution in [1.29, 1.82) is 0 Å². The zero-order valence-corrected chi connectivity index (χ0v) is 23.3. The minimum absolute atomic E-state index is 0.0666. The molecule has 0 aromatic heterocycles. The lowest BCUT2D eigenvalue weighted by atomic mass is 9.93. The van der Waals surface area contributed by atoms with Crippen molar-refractivity contribution < 1.29 is 19.5 Å². The molecule has 198 valence electrons. The first-order valence-electron chi connectivity index (χ1n) is 12.1. The third-order valence-electron chi connectivity index (χ3n) is 6.54. The van der Waals surface area contributed by atoms with E-state index in [0.29, 0.717) is 27.8 Å². The van der Waals surface area contributed by atoms with E-state index in [1.807, 2.05) is 17.0 Å². The minimum atomic E-state index is -0.965. The van der Waals surface area contributed by atoms with Crippen molar-refractivity contribution in [2.24, 2.45) is 0 Å². The number of carbonyl (C=O) groups excluding carboxylic acids is 2. The molecule has 3 amide bonds. The van der Waals surface area contributed by atoms with Gasteiger partial charge in [0.05, 0.1) is 10.5 Å². The lowest BCUT2D eigenvalue weighted by Crippen LogP contribution is -2.45. The van der Waals surface area contributed by atoms with Crippen molar-refractivity contribution in [3.05, 3.63) is 63.6 Å². The van der Waals surface area contributed by atoms with E-state index in [1.165, 1.54) is 11.5 Å². The van der Waals surface area contributed by atoms with E-state index in [9.17, 15) is 14.4 Å². The highest BCUT2D eigenvalue weighted by molar-refractivity contribution is 8.21. The fraction of sp³-hybridized carbons (Fsp3) is 0.423. The number of thioether (sulfide) groups is 2. The van der Waals surface area contributed by atoms with E-state index in [-0.39, 0.29) is 35.0 Å². The van der Waals surface area contributed by atoms with Crippen LogP contribution in [-0.2, 0) is 11.3 Å². The number of nitrogens with zero attached hydrogens (tertiary/aromatic N) is 1. The van der Waals surface area contributed by atoms with Gasteiger partial charge in [-0.3, -0.25) is 9.59 Å². The standard InChI is InChI=1S/C26H29Cl2N3O4S2/c27-19-13-20(28)15-21(14-19)30-25(35)31(22-5-8-26(9-6-22)36-11-12-37-26)16-17-1-3-18(4-2-17)24(34)29-10-7-23(32)33/h1-4,13-15,22H,5-12,16H2,(H,29,34)(H,30,35)(H,32,33). The van der Waals surface area contributed by atoms with Crippen molar-refractivity contribution in [3.8, 4) is 0 Å². The molecule has 37 heavy (non-hydrogen) atoms. The van der Waals surface area contributed by atoms with Gasteiger partial charge >= 0.3 is 12.0 Å². The molecule has 0 atom stereocenters. The number of hydrogen-bond acceptors (Lipinski definition) is 5. The average Bonchev–Trinajstić information content (AvgIpc) is 3.30. The van der Waals surface area contributed by atoms with Gasteiger partial charge in [-0.25, -0.2) is 4.79 Å². The molecule has 2 aromatic carbocycles. The van der Waals surface area contributed by atoms with Gasteiger partial charge < -0.3 is 20.6 Å². The highest BCUT2D eigenvalue weighted by atomic mass is 35.5. The third kappa shape index (κ3) is 7.72. The summed E-state index contributed by atoms with van der Waals surface area (Å²) in [4.78, 5) is 38.3. The Bertz CT molecular complexity index is 1110. The van der Waals surface area contributed by atoms with Gasteiger partial charge in [0, 0.05) is 51.9 Å². The number of hydrogen-bond donors (Lipinski definition) is 3. The Morgan fingerprint density at radius 3 is 2.22 bits per heavy atom. The first-order valence-corrected chi connectivity index (χ1v) is 14.9. The first kappa shape index (κ1) is 28.0. The van der Waals surface area contributed by atoms with Crippen LogP contribution in [0.4, 0.5) is 10.5 Å². The SMILES string of the molecule is O=C(O)CCNC(=O)c1ccc(CN(C(=O)Nc2cc(Cl)cc(Cl)c2)C2CCC3(CC2)SCCS3)cc1. The molecule has 4 rings (SSSR count). The van der Waals surface area contributed by atoms with E-state index < -0.39 is 5.97 Å². The highest BCUT2D eigenvalue weighted by Gasteiger charge is 2.41. The topological polar surface area (TPSA) is 98.7 Å². The number of amides is 3. The Kier molecular flexibility index (Phi) is 9.56. The van der Waals surface area contributed by atoms with E-state index in [0.717, 1.165) is 31.2 Å². The van der Waals surface area contributed by atoms with Crippen LogP contribution < -0.4 is 10.6 Å². The van der Waals surface area contributed by atoms with Crippen LogP contribution in [0, 0.1) is 0 Å². The molecule has 0 unspecified atom stereocenters. The van der Waals surface area contributed by atoms with Crippen LogP contribution in [0.3, 0.4) is 0 Å². The van der Waals surface area contributed by atoms with Crippen LogP contribution in [0.15, 0.2) is 42.5 Å². The van der Waals surface area contributed by atoms with E-state index in [4.69, 9.17) is 28.3 Å². The number of halogens is 2. The number of rotatable bonds is 8. The third-order valence-corrected chi connectivity index (χ3v) is 10.6. The lowest BCUT2D eigenvalue weighted by Gasteiger charge is -2.41. The number of carboxylic acids is 1. The second-order valence-electron chi connectivity index (χ2n) is 9.15. The second-order valence-corrected chi connectivity index (χ2v) is 13.2. The zero-order chi connectivity index (χ0) is 26.4. The Morgan fingerprint density at radius 1 is 1.00 bits per heavy atom. The molecule has 0 bridgehead atoms.